The molecule has 1 aromatic heterocycles. The summed E-state index contributed by atoms with van der Waals surface area (Å²) < 4.78 is 0. The second-order valence-electron chi connectivity index (χ2n) is 7.08. The number of amides is 1. The van der Waals surface area contributed by atoms with Crippen LogP contribution in [0, 0.1) is 11.3 Å². The fourth-order valence-electron chi connectivity index (χ4n) is 2.73. The molecular weight excluding hydrogens is 284 g/mol. The highest BCUT2D eigenvalue weighted by Crippen LogP contribution is 2.29. The third kappa shape index (κ3) is 5.66. The first kappa shape index (κ1) is 18.0. The van der Waals surface area contributed by atoms with Crippen molar-refractivity contribution in [2.75, 3.05) is 13.1 Å². The van der Waals surface area contributed by atoms with Gasteiger partial charge < -0.3 is 4.90 Å². The van der Waals surface area contributed by atoms with Crippen LogP contribution in [0.15, 0.2) is 24.5 Å². The average molecular weight is 311 g/mol. The van der Waals surface area contributed by atoms with Crippen LogP contribution in [-0.4, -0.2) is 28.9 Å². The molecule has 0 spiro atoms. The van der Waals surface area contributed by atoms with Gasteiger partial charge in [0.05, 0.1) is 5.56 Å². The van der Waals surface area contributed by atoms with Crippen molar-refractivity contribution < 1.29 is 4.79 Å². The standard InChI is InChI=1S/C17H26N2O.ClH/c1-17(2,3)9-6-14-7-11-19(12-8-14)16(20)15-5-4-10-18-13-15;/h4-5,10,13-14H,6-9,11-12H2,1-3H3;1H. The summed E-state index contributed by atoms with van der Waals surface area (Å²) in [5.41, 5.74) is 1.13. The zero-order valence-corrected chi connectivity index (χ0v) is 14.2. The number of carbonyl (C=O) groups excluding carboxylic acids is 1. The number of nitrogens with zero attached hydrogens (tertiary/aromatic N) is 2. The van der Waals surface area contributed by atoms with Crippen molar-refractivity contribution in [1.29, 1.82) is 0 Å². The van der Waals surface area contributed by atoms with Crippen LogP contribution in [0.5, 0.6) is 0 Å². The Kier molecular flexibility index (Phi) is 6.66. The molecule has 3 nitrogen and oxygen atoms in total. The zero-order chi connectivity index (χ0) is 14.6. The van der Waals surface area contributed by atoms with Crippen LogP contribution in [0.25, 0.3) is 0 Å². The predicted octanol–water partition coefficient (Wildman–Crippen LogP) is 4.18. The molecule has 0 N–H and O–H groups in total. The fraction of sp³-hybridized carbons (Fsp3) is 0.647. The number of carbonyl (C=O) groups is 1. The molecule has 0 radical (unpaired) electrons. The highest BCUT2D eigenvalue weighted by molar-refractivity contribution is 5.93. The molecular formula is C17H27ClN2O. The number of hydrogen-bond donors (Lipinski definition) is 0. The van der Waals surface area contributed by atoms with E-state index in [0.29, 0.717) is 11.0 Å². The molecule has 118 valence electrons. The van der Waals surface area contributed by atoms with E-state index in [1.807, 2.05) is 17.0 Å². The van der Waals surface area contributed by atoms with Crippen LogP contribution in [0.3, 0.4) is 0 Å². The maximum atomic E-state index is 12.3. The van der Waals surface area contributed by atoms with E-state index in [1.54, 1.807) is 12.4 Å². The van der Waals surface area contributed by atoms with Gasteiger partial charge in [-0.2, -0.15) is 0 Å². The Hall–Kier alpha value is -1.09. The van der Waals surface area contributed by atoms with Gasteiger partial charge in [-0.15, -0.1) is 12.4 Å². The molecule has 2 rings (SSSR count). The second-order valence-corrected chi connectivity index (χ2v) is 7.08. The van der Waals surface area contributed by atoms with Crippen LogP contribution >= 0.6 is 12.4 Å². The minimum absolute atomic E-state index is 0. The van der Waals surface area contributed by atoms with E-state index in [0.717, 1.165) is 31.8 Å². The molecule has 0 atom stereocenters. The lowest BCUT2D eigenvalue weighted by molar-refractivity contribution is 0.0680. The van der Waals surface area contributed by atoms with Gasteiger partial charge in [0.1, 0.15) is 0 Å². The monoisotopic (exact) mass is 310 g/mol. The maximum absolute atomic E-state index is 12.3. The van der Waals surface area contributed by atoms with Gasteiger partial charge in [-0.1, -0.05) is 20.8 Å². The quantitative estimate of drug-likeness (QED) is 0.839. The van der Waals surface area contributed by atoms with E-state index in [2.05, 4.69) is 25.8 Å². The first-order valence-electron chi connectivity index (χ1n) is 7.65. The van der Waals surface area contributed by atoms with E-state index < -0.39 is 0 Å². The van der Waals surface area contributed by atoms with Crippen molar-refractivity contribution in [2.24, 2.45) is 11.3 Å². The van der Waals surface area contributed by atoms with Crippen molar-refractivity contribution in [3.63, 3.8) is 0 Å². The van der Waals surface area contributed by atoms with Crippen LogP contribution < -0.4 is 0 Å². The Morgan fingerprint density at radius 1 is 1.33 bits per heavy atom. The van der Waals surface area contributed by atoms with Gasteiger partial charge in [-0.25, -0.2) is 0 Å². The molecule has 0 aromatic carbocycles. The molecule has 1 aromatic rings. The largest absolute Gasteiger partial charge is 0.339 e. The third-order valence-corrected chi connectivity index (χ3v) is 4.11. The molecule has 1 aliphatic heterocycles. The first-order valence-corrected chi connectivity index (χ1v) is 7.65. The molecule has 1 fully saturated rings. The Balaban J connectivity index is 0.00000220. The molecule has 4 heteroatoms. The zero-order valence-electron chi connectivity index (χ0n) is 13.3. The average Bonchev–Trinajstić information content (AvgIpc) is 2.45. The number of pyridine rings is 1. The van der Waals surface area contributed by atoms with Crippen LogP contribution in [0.1, 0.15) is 56.8 Å². The summed E-state index contributed by atoms with van der Waals surface area (Å²) in [5.74, 6) is 0.916. The maximum Gasteiger partial charge on any atom is 0.255 e. The summed E-state index contributed by atoms with van der Waals surface area (Å²) in [6.45, 7) is 8.68. The highest BCUT2D eigenvalue weighted by atomic mass is 35.5. The topological polar surface area (TPSA) is 33.2 Å². The van der Waals surface area contributed by atoms with E-state index in [-0.39, 0.29) is 18.3 Å². The van der Waals surface area contributed by atoms with Crippen molar-refractivity contribution in [2.45, 2.75) is 46.5 Å². The molecule has 0 aliphatic carbocycles. The summed E-state index contributed by atoms with van der Waals surface area (Å²) in [6.07, 6.45) is 8.21. The van der Waals surface area contributed by atoms with Gasteiger partial charge in [0.2, 0.25) is 0 Å². The number of likely N-dealkylation sites (tertiary alicyclic amines) is 1. The van der Waals surface area contributed by atoms with E-state index >= 15 is 0 Å². The Labute approximate surface area is 134 Å². The van der Waals surface area contributed by atoms with E-state index in [4.69, 9.17) is 0 Å². The molecule has 1 amide bonds. The van der Waals surface area contributed by atoms with Crippen molar-refractivity contribution >= 4 is 18.3 Å². The number of halogens is 1. The van der Waals surface area contributed by atoms with Crippen molar-refractivity contribution in [3.8, 4) is 0 Å². The van der Waals surface area contributed by atoms with Crippen LogP contribution in [0.2, 0.25) is 0 Å². The number of aromatic nitrogens is 1. The molecule has 1 saturated heterocycles. The van der Waals surface area contributed by atoms with Crippen molar-refractivity contribution in [3.05, 3.63) is 30.1 Å². The highest BCUT2D eigenvalue weighted by Gasteiger charge is 2.24. The summed E-state index contributed by atoms with van der Waals surface area (Å²) in [6, 6.07) is 3.67. The minimum Gasteiger partial charge on any atom is -0.339 e. The number of hydrogen-bond acceptors (Lipinski definition) is 2. The molecule has 0 saturated carbocycles. The Morgan fingerprint density at radius 2 is 2.00 bits per heavy atom. The first-order chi connectivity index (χ1) is 9.46. The number of piperidine rings is 1. The second kappa shape index (κ2) is 7.79. The van der Waals surface area contributed by atoms with Gasteiger partial charge >= 0.3 is 0 Å². The van der Waals surface area contributed by atoms with E-state index in [9.17, 15) is 4.79 Å². The van der Waals surface area contributed by atoms with Gasteiger partial charge in [-0.05, 0) is 49.1 Å². The third-order valence-electron chi connectivity index (χ3n) is 4.11. The molecule has 0 bridgehead atoms. The smallest absolute Gasteiger partial charge is 0.255 e. The molecule has 2 heterocycles. The normalized spacial score (nSPS) is 16.4. The lowest BCUT2D eigenvalue weighted by atomic mass is 9.83. The van der Waals surface area contributed by atoms with E-state index in [1.165, 1.54) is 12.8 Å². The Bertz CT molecular complexity index is 434. The van der Waals surface area contributed by atoms with Crippen molar-refractivity contribution in [1.82, 2.24) is 9.88 Å². The van der Waals surface area contributed by atoms with Gasteiger partial charge in [0.25, 0.3) is 5.91 Å². The van der Waals surface area contributed by atoms with Crippen LogP contribution in [-0.2, 0) is 0 Å². The SMILES string of the molecule is CC(C)(C)CCC1CCN(C(=O)c2cccnc2)CC1.Cl. The summed E-state index contributed by atoms with van der Waals surface area (Å²) in [4.78, 5) is 18.3. The Morgan fingerprint density at radius 3 is 2.52 bits per heavy atom. The van der Waals surface area contributed by atoms with Gasteiger partial charge in [0, 0.05) is 25.5 Å². The number of rotatable bonds is 3. The molecule has 21 heavy (non-hydrogen) atoms. The summed E-state index contributed by atoms with van der Waals surface area (Å²) in [5, 5.41) is 0. The lowest BCUT2D eigenvalue weighted by Gasteiger charge is -2.33. The van der Waals surface area contributed by atoms with Crippen LogP contribution in [0.4, 0.5) is 0 Å². The summed E-state index contributed by atoms with van der Waals surface area (Å²) in [7, 11) is 0. The van der Waals surface area contributed by atoms with Gasteiger partial charge in [0.15, 0.2) is 0 Å². The lowest BCUT2D eigenvalue weighted by Crippen LogP contribution is -2.38. The minimum atomic E-state index is 0. The van der Waals surface area contributed by atoms with Gasteiger partial charge in [-0.3, -0.25) is 9.78 Å². The fourth-order valence-corrected chi connectivity index (χ4v) is 2.73. The predicted molar refractivity (Wildman–Crippen MR) is 88.8 cm³/mol. The molecule has 1 aliphatic rings. The molecule has 0 unspecified atom stereocenters. The summed E-state index contributed by atoms with van der Waals surface area (Å²) >= 11 is 0.